The molecule has 1 atom stereocenters. The van der Waals surface area contributed by atoms with Gasteiger partial charge >= 0.3 is 0 Å². The second kappa shape index (κ2) is 7.59. The Morgan fingerprint density at radius 1 is 1.13 bits per heavy atom. The van der Waals surface area contributed by atoms with Gasteiger partial charge in [0.05, 0.1) is 4.90 Å². The third-order valence-corrected chi connectivity index (χ3v) is 4.42. The molecule has 0 radical (unpaired) electrons. The molecule has 0 aliphatic rings. The van der Waals surface area contributed by atoms with Gasteiger partial charge in [-0.05, 0) is 36.6 Å². The molecular formula is C16H24N2O4S. The van der Waals surface area contributed by atoms with Crippen LogP contribution in [0.15, 0.2) is 29.2 Å². The van der Waals surface area contributed by atoms with E-state index in [9.17, 15) is 18.0 Å². The van der Waals surface area contributed by atoms with Crippen LogP contribution in [0.5, 0.6) is 0 Å². The lowest BCUT2D eigenvalue weighted by molar-refractivity contribution is -0.131. The van der Waals surface area contributed by atoms with Crippen molar-refractivity contribution >= 4 is 21.7 Å². The fourth-order valence-corrected chi connectivity index (χ4v) is 2.73. The minimum Gasteiger partial charge on any atom is -0.347 e. The highest BCUT2D eigenvalue weighted by Gasteiger charge is 2.24. The number of hydrogen-bond acceptors (Lipinski definition) is 4. The van der Waals surface area contributed by atoms with Crippen molar-refractivity contribution in [2.45, 2.75) is 31.2 Å². The molecule has 0 aromatic heterocycles. The van der Waals surface area contributed by atoms with Crippen molar-refractivity contribution < 1.29 is 18.0 Å². The van der Waals surface area contributed by atoms with Crippen LogP contribution >= 0.6 is 0 Å². The first-order valence-corrected chi connectivity index (χ1v) is 9.23. The predicted octanol–water partition coefficient (Wildman–Crippen LogP) is 1.32. The van der Waals surface area contributed by atoms with E-state index in [0.29, 0.717) is 12.0 Å². The lowest BCUT2D eigenvalue weighted by atomic mass is 10.0. The molecule has 6 nitrogen and oxygen atoms in total. The van der Waals surface area contributed by atoms with Gasteiger partial charge in [-0.2, -0.15) is 0 Å². The molecule has 1 aromatic rings. The fraction of sp³-hybridized carbons (Fsp3) is 0.500. The molecule has 0 saturated carbocycles. The lowest BCUT2D eigenvalue weighted by Gasteiger charge is -2.23. The topological polar surface area (TPSA) is 83.5 Å². The summed E-state index contributed by atoms with van der Waals surface area (Å²) in [6.07, 6.45) is 1.64. The van der Waals surface area contributed by atoms with Gasteiger partial charge in [0.15, 0.2) is 9.84 Å². The Morgan fingerprint density at radius 2 is 1.65 bits per heavy atom. The summed E-state index contributed by atoms with van der Waals surface area (Å²) in [6.45, 7) is 3.95. The first-order chi connectivity index (χ1) is 10.5. The molecule has 0 aliphatic carbocycles. The van der Waals surface area contributed by atoms with Crippen molar-refractivity contribution in [3.05, 3.63) is 29.8 Å². The van der Waals surface area contributed by atoms with E-state index in [2.05, 4.69) is 5.32 Å². The van der Waals surface area contributed by atoms with E-state index in [0.717, 1.165) is 6.26 Å². The van der Waals surface area contributed by atoms with E-state index in [1.807, 2.05) is 13.8 Å². The van der Waals surface area contributed by atoms with E-state index in [1.165, 1.54) is 29.2 Å². The molecule has 23 heavy (non-hydrogen) atoms. The smallest absolute Gasteiger partial charge is 0.251 e. The minimum atomic E-state index is -3.30. The molecule has 1 aromatic carbocycles. The Bertz CT molecular complexity index is 664. The van der Waals surface area contributed by atoms with Crippen molar-refractivity contribution in [2.75, 3.05) is 20.4 Å². The molecule has 1 rings (SSSR count). The van der Waals surface area contributed by atoms with E-state index < -0.39 is 21.8 Å². The average molecular weight is 340 g/mol. The number of likely N-dealkylation sites (N-methyl/N-ethyl adjacent to an activating group) is 1. The quantitative estimate of drug-likeness (QED) is 0.846. The molecule has 0 aliphatic heterocycles. The monoisotopic (exact) mass is 340 g/mol. The number of nitrogens with zero attached hydrogens (tertiary/aromatic N) is 1. The molecule has 7 heteroatoms. The molecule has 2 amide bonds. The van der Waals surface area contributed by atoms with Gasteiger partial charge in [0.1, 0.15) is 6.04 Å². The standard InChI is InChI=1S/C16H24N2O4S/c1-11(2)10-14(16(20)18(3)4)17-15(19)12-6-8-13(9-7-12)23(5,21)22/h6-9,11,14H,10H2,1-5H3,(H,17,19). The van der Waals surface area contributed by atoms with Crippen molar-refractivity contribution in [1.82, 2.24) is 10.2 Å². The number of amides is 2. The summed E-state index contributed by atoms with van der Waals surface area (Å²) in [6, 6.07) is 5.05. The van der Waals surface area contributed by atoms with E-state index in [1.54, 1.807) is 14.1 Å². The van der Waals surface area contributed by atoms with Gasteiger partial charge in [-0.3, -0.25) is 9.59 Å². The lowest BCUT2D eigenvalue weighted by Crippen LogP contribution is -2.46. The van der Waals surface area contributed by atoms with Crippen LogP contribution in [-0.4, -0.2) is 51.5 Å². The van der Waals surface area contributed by atoms with Gasteiger partial charge < -0.3 is 10.2 Å². The fourth-order valence-electron chi connectivity index (χ4n) is 2.10. The largest absolute Gasteiger partial charge is 0.347 e. The normalized spacial score (nSPS) is 12.8. The van der Waals surface area contributed by atoms with Crippen molar-refractivity contribution in [3.8, 4) is 0 Å². The molecule has 0 bridgehead atoms. The van der Waals surface area contributed by atoms with Crippen molar-refractivity contribution in [1.29, 1.82) is 0 Å². The zero-order valence-corrected chi connectivity index (χ0v) is 15.0. The van der Waals surface area contributed by atoms with E-state index in [4.69, 9.17) is 0 Å². The van der Waals surface area contributed by atoms with Crippen molar-refractivity contribution in [3.63, 3.8) is 0 Å². The third kappa shape index (κ3) is 5.67. The summed E-state index contributed by atoms with van der Waals surface area (Å²) in [7, 11) is -0.0182. The summed E-state index contributed by atoms with van der Waals surface area (Å²) >= 11 is 0. The van der Waals surface area contributed by atoms with Crippen LogP contribution in [0.1, 0.15) is 30.6 Å². The second-order valence-electron chi connectivity index (χ2n) is 6.18. The first kappa shape index (κ1) is 19.2. The maximum absolute atomic E-state index is 12.3. The highest BCUT2D eigenvalue weighted by Crippen LogP contribution is 2.12. The number of carbonyl (C=O) groups is 2. The van der Waals surface area contributed by atoms with Crippen LogP contribution in [0.4, 0.5) is 0 Å². The van der Waals surface area contributed by atoms with Gasteiger partial charge in [-0.25, -0.2) is 8.42 Å². The van der Waals surface area contributed by atoms with E-state index in [-0.39, 0.29) is 16.7 Å². The number of benzene rings is 1. The molecular weight excluding hydrogens is 316 g/mol. The summed E-state index contributed by atoms with van der Waals surface area (Å²) < 4.78 is 22.9. The SMILES string of the molecule is CC(C)CC(NC(=O)c1ccc(S(C)(=O)=O)cc1)C(=O)N(C)C. The Morgan fingerprint density at radius 3 is 2.04 bits per heavy atom. The number of carbonyl (C=O) groups excluding carboxylic acids is 2. The third-order valence-electron chi connectivity index (χ3n) is 3.30. The summed E-state index contributed by atoms with van der Waals surface area (Å²) in [5.74, 6) is -0.317. The van der Waals surface area contributed by atoms with Crippen LogP contribution in [-0.2, 0) is 14.6 Å². The van der Waals surface area contributed by atoms with Gasteiger partial charge in [0.25, 0.3) is 5.91 Å². The van der Waals surface area contributed by atoms with Gasteiger partial charge in [0.2, 0.25) is 5.91 Å². The minimum absolute atomic E-state index is 0.150. The van der Waals surface area contributed by atoms with Gasteiger partial charge in [0, 0.05) is 25.9 Å². The summed E-state index contributed by atoms with van der Waals surface area (Å²) in [5.41, 5.74) is 0.317. The number of sulfone groups is 1. The molecule has 0 heterocycles. The van der Waals surface area contributed by atoms with Crippen molar-refractivity contribution in [2.24, 2.45) is 5.92 Å². The van der Waals surface area contributed by atoms with Crippen LogP contribution in [0.3, 0.4) is 0 Å². The molecule has 1 unspecified atom stereocenters. The second-order valence-corrected chi connectivity index (χ2v) is 8.20. The number of rotatable bonds is 6. The number of nitrogens with one attached hydrogen (secondary N) is 1. The summed E-state index contributed by atoms with van der Waals surface area (Å²) in [5, 5.41) is 2.72. The van der Waals surface area contributed by atoms with E-state index >= 15 is 0 Å². The molecule has 0 spiro atoms. The average Bonchev–Trinajstić information content (AvgIpc) is 2.44. The Kier molecular flexibility index (Phi) is 6.32. The highest BCUT2D eigenvalue weighted by atomic mass is 32.2. The van der Waals surface area contributed by atoms with Gasteiger partial charge in [-0.15, -0.1) is 0 Å². The first-order valence-electron chi connectivity index (χ1n) is 7.34. The zero-order valence-electron chi connectivity index (χ0n) is 14.2. The Labute approximate surface area is 137 Å². The summed E-state index contributed by atoms with van der Waals surface area (Å²) in [4.78, 5) is 26.1. The maximum Gasteiger partial charge on any atom is 0.251 e. The van der Waals surface area contributed by atoms with Crippen LogP contribution in [0, 0.1) is 5.92 Å². The van der Waals surface area contributed by atoms with Crippen LogP contribution in [0.25, 0.3) is 0 Å². The molecule has 0 fully saturated rings. The highest BCUT2D eigenvalue weighted by molar-refractivity contribution is 7.90. The predicted molar refractivity (Wildman–Crippen MR) is 89.0 cm³/mol. The number of hydrogen-bond donors (Lipinski definition) is 1. The Hall–Kier alpha value is -1.89. The van der Waals surface area contributed by atoms with Crippen LogP contribution in [0.2, 0.25) is 0 Å². The van der Waals surface area contributed by atoms with Gasteiger partial charge in [-0.1, -0.05) is 13.8 Å². The Balaban J connectivity index is 2.92. The zero-order chi connectivity index (χ0) is 17.8. The molecule has 1 N–H and O–H groups in total. The molecule has 0 saturated heterocycles. The maximum atomic E-state index is 12.3. The van der Waals surface area contributed by atoms with Crippen LogP contribution < -0.4 is 5.32 Å². The molecule has 128 valence electrons.